The number of morpholine rings is 1. The third kappa shape index (κ3) is 5.45. The fourth-order valence-corrected chi connectivity index (χ4v) is 1.81. The molecule has 1 saturated heterocycles. The lowest BCUT2D eigenvalue weighted by atomic mass is 10.3. The largest absolute Gasteiger partial charge is 0.374 e. The van der Waals surface area contributed by atoms with Crippen LogP contribution in [0.3, 0.4) is 0 Å². The Morgan fingerprint density at radius 3 is 3.11 bits per heavy atom. The zero-order chi connectivity index (χ0) is 13.4. The summed E-state index contributed by atoms with van der Waals surface area (Å²) in [6, 6.07) is 2.03. The highest BCUT2D eigenvalue weighted by Gasteiger charge is 2.17. The molecule has 1 N–H and O–H groups in total. The summed E-state index contributed by atoms with van der Waals surface area (Å²) in [6.07, 6.45) is 0.527. The molecular formula is C12H22N4O2. The Morgan fingerprint density at radius 2 is 2.44 bits per heavy atom. The second-order valence-corrected chi connectivity index (χ2v) is 4.61. The van der Waals surface area contributed by atoms with E-state index in [-0.39, 0.29) is 12.0 Å². The van der Waals surface area contributed by atoms with Gasteiger partial charge in [0.15, 0.2) is 0 Å². The minimum absolute atomic E-state index is 0.00872. The Morgan fingerprint density at radius 1 is 1.67 bits per heavy atom. The Balaban J connectivity index is 2.13. The third-order valence-corrected chi connectivity index (χ3v) is 2.97. The van der Waals surface area contributed by atoms with Crippen molar-refractivity contribution in [1.82, 2.24) is 15.1 Å². The summed E-state index contributed by atoms with van der Waals surface area (Å²) in [6.45, 7) is 4.07. The van der Waals surface area contributed by atoms with Crippen molar-refractivity contribution in [3.05, 3.63) is 0 Å². The molecule has 6 heteroatoms. The summed E-state index contributed by atoms with van der Waals surface area (Å²) < 4.78 is 5.58. The van der Waals surface area contributed by atoms with Crippen LogP contribution in [-0.2, 0) is 9.53 Å². The maximum Gasteiger partial charge on any atom is 0.236 e. The smallest absolute Gasteiger partial charge is 0.236 e. The van der Waals surface area contributed by atoms with Crippen molar-refractivity contribution in [3.63, 3.8) is 0 Å². The van der Waals surface area contributed by atoms with Crippen LogP contribution in [-0.4, -0.2) is 75.2 Å². The van der Waals surface area contributed by atoms with E-state index in [1.807, 2.05) is 6.07 Å². The molecule has 0 aromatic carbocycles. The second-order valence-electron chi connectivity index (χ2n) is 4.61. The summed E-state index contributed by atoms with van der Waals surface area (Å²) in [4.78, 5) is 15.5. The van der Waals surface area contributed by atoms with Gasteiger partial charge in [-0.2, -0.15) is 5.26 Å². The normalized spacial score (nSPS) is 20.4. The van der Waals surface area contributed by atoms with Gasteiger partial charge < -0.3 is 19.9 Å². The molecule has 0 bridgehead atoms. The molecule has 1 aliphatic heterocycles. The van der Waals surface area contributed by atoms with Crippen LogP contribution in [0.25, 0.3) is 0 Å². The Hall–Kier alpha value is -1.16. The first-order chi connectivity index (χ1) is 8.63. The molecule has 0 aliphatic carbocycles. The van der Waals surface area contributed by atoms with Crippen LogP contribution in [0.2, 0.25) is 0 Å². The van der Waals surface area contributed by atoms with Gasteiger partial charge in [0, 0.05) is 33.2 Å². The highest BCUT2D eigenvalue weighted by molar-refractivity contribution is 5.77. The fourth-order valence-electron chi connectivity index (χ4n) is 1.81. The van der Waals surface area contributed by atoms with Crippen LogP contribution in [0.5, 0.6) is 0 Å². The molecule has 1 amide bonds. The molecule has 18 heavy (non-hydrogen) atoms. The lowest BCUT2D eigenvalue weighted by molar-refractivity contribution is -0.129. The zero-order valence-electron chi connectivity index (χ0n) is 11.2. The summed E-state index contributed by atoms with van der Waals surface area (Å²) in [5.41, 5.74) is 0. The molecule has 0 unspecified atom stereocenters. The number of ether oxygens (including phenoxy) is 1. The summed E-state index contributed by atoms with van der Waals surface area (Å²) in [7, 11) is 3.78. The van der Waals surface area contributed by atoms with Gasteiger partial charge in [0.2, 0.25) is 5.91 Å². The summed E-state index contributed by atoms with van der Waals surface area (Å²) >= 11 is 0. The summed E-state index contributed by atoms with van der Waals surface area (Å²) in [5, 5.41) is 11.6. The number of hydrogen-bond donors (Lipinski definition) is 1. The molecule has 1 fully saturated rings. The molecule has 1 heterocycles. The highest BCUT2D eigenvalue weighted by Crippen LogP contribution is 2.01. The van der Waals surface area contributed by atoms with Crippen LogP contribution < -0.4 is 5.32 Å². The number of amides is 1. The van der Waals surface area contributed by atoms with Gasteiger partial charge in [0.25, 0.3) is 0 Å². The average molecular weight is 254 g/mol. The van der Waals surface area contributed by atoms with Gasteiger partial charge >= 0.3 is 0 Å². The minimum atomic E-state index is 0.00872. The number of nitrogens with one attached hydrogen (secondary N) is 1. The number of rotatable bonds is 6. The van der Waals surface area contributed by atoms with Crippen LogP contribution in [0.4, 0.5) is 0 Å². The molecule has 0 saturated carbocycles. The third-order valence-electron chi connectivity index (χ3n) is 2.97. The van der Waals surface area contributed by atoms with Gasteiger partial charge in [0.05, 0.1) is 31.7 Å². The van der Waals surface area contributed by atoms with Gasteiger partial charge in [-0.15, -0.1) is 0 Å². The number of carbonyl (C=O) groups excluding carboxylic acids is 1. The van der Waals surface area contributed by atoms with Crippen molar-refractivity contribution in [3.8, 4) is 6.07 Å². The van der Waals surface area contributed by atoms with E-state index in [1.165, 1.54) is 0 Å². The predicted molar refractivity (Wildman–Crippen MR) is 68.0 cm³/mol. The molecule has 1 atom stereocenters. The number of nitrogens with zero attached hydrogens (tertiary/aromatic N) is 3. The van der Waals surface area contributed by atoms with Crippen molar-refractivity contribution in [1.29, 1.82) is 5.26 Å². The van der Waals surface area contributed by atoms with Crippen LogP contribution >= 0.6 is 0 Å². The Kier molecular flexibility index (Phi) is 6.65. The summed E-state index contributed by atoms with van der Waals surface area (Å²) in [5.74, 6) is 0.00872. The lowest BCUT2D eigenvalue weighted by Gasteiger charge is -2.30. The van der Waals surface area contributed by atoms with E-state index in [2.05, 4.69) is 17.3 Å². The topological polar surface area (TPSA) is 68.6 Å². The van der Waals surface area contributed by atoms with Crippen molar-refractivity contribution in [2.75, 3.05) is 53.4 Å². The van der Waals surface area contributed by atoms with Crippen molar-refractivity contribution in [2.24, 2.45) is 0 Å². The van der Waals surface area contributed by atoms with E-state index in [0.29, 0.717) is 26.1 Å². The predicted octanol–water partition coefficient (Wildman–Crippen LogP) is -0.721. The Labute approximate surface area is 108 Å². The SMILES string of the molecule is CN1CCO[C@H](CNCC(=O)N(C)CCC#N)C1. The van der Waals surface area contributed by atoms with Gasteiger partial charge in [0.1, 0.15) is 0 Å². The number of carbonyl (C=O) groups is 1. The van der Waals surface area contributed by atoms with Gasteiger partial charge in [-0.25, -0.2) is 0 Å². The lowest BCUT2D eigenvalue weighted by Crippen LogP contribution is -2.46. The zero-order valence-corrected chi connectivity index (χ0v) is 11.2. The molecule has 0 aromatic heterocycles. The van der Waals surface area contributed by atoms with Gasteiger partial charge in [-0.3, -0.25) is 4.79 Å². The minimum Gasteiger partial charge on any atom is -0.374 e. The van der Waals surface area contributed by atoms with Crippen LogP contribution in [0.15, 0.2) is 0 Å². The van der Waals surface area contributed by atoms with Crippen molar-refractivity contribution in [2.45, 2.75) is 12.5 Å². The van der Waals surface area contributed by atoms with Crippen molar-refractivity contribution >= 4 is 5.91 Å². The maximum atomic E-state index is 11.7. The molecule has 0 aromatic rings. The molecule has 0 radical (unpaired) electrons. The first-order valence-electron chi connectivity index (χ1n) is 6.25. The number of hydrogen-bond acceptors (Lipinski definition) is 5. The maximum absolute atomic E-state index is 11.7. The standard InChI is InChI=1S/C12H22N4O2/c1-15-6-7-18-11(10-15)8-14-9-12(17)16(2)5-3-4-13/h11,14H,3,5-10H2,1-2H3/t11-/m1/s1. The highest BCUT2D eigenvalue weighted by atomic mass is 16.5. The molecule has 1 aliphatic rings. The number of likely N-dealkylation sites (N-methyl/N-ethyl adjacent to an activating group) is 2. The monoisotopic (exact) mass is 254 g/mol. The molecule has 1 rings (SSSR count). The Bertz CT molecular complexity index is 303. The van der Waals surface area contributed by atoms with Gasteiger partial charge in [-0.1, -0.05) is 0 Å². The molecule has 6 nitrogen and oxygen atoms in total. The van der Waals surface area contributed by atoms with E-state index in [4.69, 9.17) is 10.00 Å². The van der Waals surface area contributed by atoms with E-state index in [1.54, 1.807) is 11.9 Å². The van der Waals surface area contributed by atoms with E-state index < -0.39 is 0 Å². The second kappa shape index (κ2) is 8.03. The van der Waals surface area contributed by atoms with Crippen LogP contribution in [0, 0.1) is 11.3 Å². The van der Waals surface area contributed by atoms with E-state index in [0.717, 1.165) is 19.7 Å². The first-order valence-corrected chi connectivity index (χ1v) is 6.25. The first kappa shape index (κ1) is 14.9. The molecule has 0 spiro atoms. The van der Waals surface area contributed by atoms with Gasteiger partial charge in [-0.05, 0) is 7.05 Å². The van der Waals surface area contributed by atoms with E-state index in [9.17, 15) is 4.79 Å². The van der Waals surface area contributed by atoms with E-state index >= 15 is 0 Å². The molecule has 102 valence electrons. The average Bonchev–Trinajstić information content (AvgIpc) is 2.35. The number of nitriles is 1. The van der Waals surface area contributed by atoms with Crippen molar-refractivity contribution < 1.29 is 9.53 Å². The quantitative estimate of drug-likeness (QED) is 0.677. The van der Waals surface area contributed by atoms with Crippen LogP contribution in [0.1, 0.15) is 6.42 Å². The molecular weight excluding hydrogens is 232 g/mol. The fraction of sp³-hybridized carbons (Fsp3) is 0.833.